The number of carbonyl (C=O) groups is 1. The quantitative estimate of drug-likeness (QED) is 0.561. The van der Waals surface area contributed by atoms with E-state index >= 15 is 0 Å². The number of aromatic amines is 1. The summed E-state index contributed by atoms with van der Waals surface area (Å²) in [6.07, 6.45) is -1.37. The van der Waals surface area contributed by atoms with Crippen LogP contribution in [0.1, 0.15) is 64.7 Å². The fourth-order valence-electron chi connectivity index (χ4n) is 3.77. The van der Waals surface area contributed by atoms with Crippen LogP contribution >= 0.6 is 0 Å². The van der Waals surface area contributed by atoms with Gasteiger partial charge >= 0.3 is 12.1 Å². The van der Waals surface area contributed by atoms with Crippen molar-refractivity contribution in [1.82, 2.24) is 15.0 Å². The Balaban J connectivity index is 1.78. The highest BCUT2D eigenvalue weighted by molar-refractivity contribution is 5.88. The number of methoxy groups -OCH3 is 1. The van der Waals surface area contributed by atoms with E-state index in [9.17, 15) is 22.8 Å². The number of nitrogens with one attached hydrogen (secondary N) is 2. The van der Waals surface area contributed by atoms with Crippen LogP contribution in [0.2, 0.25) is 0 Å². The first-order valence-corrected chi connectivity index (χ1v) is 10.0. The summed E-state index contributed by atoms with van der Waals surface area (Å²) in [7, 11) is 1.26. The molecular formula is C22H21F3N4O3. The lowest BCUT2D eigenvalue weighted by atomic mass is 9.97. The van der Waals surface area contributed by atoms with Crippen molar-refractivity contribution in [2.45, 2.75) is 44.8 Å². The van der Waals surface area contributed by atoms with Crippen LogP contribution in [-0.2, 0) is 10.9 Å². The number of ether oxygens (including phenoxy) is 1. The second kappa shape index (κ2) is 7.92. The van der Waals surface area contributed by atoms with Gasteiger partial charge in [0.15, 0.2) is 0 Å². The van der Waals surface area contributed by atoms with E-state index < -0.39 is 29.3 Å². The van der Waals surface area contributed by atoms with Gasteiger partial charge in [0, 0.05) is 6.04 Å². The number of alkyl halides is 3. The molecule has 0 aliphatic heterocycles. The number of hydrogen-bond acceptors (Lipinski definition) is 6. The van der Waals surface area contributed by atoms with Gasteiger partial charge in [0.1, 0.15) is 11.5 Å². The minimum atomic E-state index is -4.63. The predicted molar refractivity (Wildman–Crippen MR) is 112 cm³/mol. The Labute approximate surface area is 181 Å². The molecule has 2 heterocycles. The standard InChI is InChI=1S/C22H21F3N4O3/c1-10(27-19-9-26-18(21(31)32-3)7-14(19)12-4-5-12)13-6-15-17(8-16(13)22(23,24)25)28-11(2)29-20(15)30/h6-10,12,27H,4-5H2,1-3H3,(H,28,29,30)/t10-/m0/s1. The maximum Gasteiger partial charge on any atom is 0.416 e. The van der Waals surface area contributed by atoms with E-state index in [1.54, 1.807) is 13.0 Å². The van der Waals surface area contributed by atoms with E-state index in [2.05, 4.69) is 20.3 Å². The molecule has 0 unspecified atom stereocenters. The molecule has 1 aliphatic carbocycles. The lowest BCUT2D eigenvalue weighted by Gasteiger charge is -2.22. The number of esters is 1. The van der Waals surface area contributed by atoms with Gasteiger partial charge in [-0.25, -0.2) is 14.8 Å². The number of fused-ring (bicyclic) bond motifs is 1. The first-order valence-electron chi connectivity index (χ1n) is 10.0. The molecular weight excluding hydrogens is 425 g/mol. The molecule has 1 aromatic carbocycles. The zero-order valence-corrected chi connectivity index (χ0v) is 17.6. The van der Waals surface area contributed by atoms with Gasteiger partial charge in [0.2, 0.25) is 0 Å². The molecule has 1 aliphatic rings. The van der Waals surface area contributed by atoms with Crippen LogP contribution in [0.25, 0.3) is 10.9 Å². The minimum absolute atomic E-state index is 0.0164. The van der Waals surface area contributed by atoms with E-state index in [0.717, 1.165) is 24.5 Å². The molecule has 1 saturated carbocycles. The third kappa shape index (κ3) is 4.17. The van der Waals surface area contributed by atoms with E-state index in [0.29, 0.717) is 5.69 Å². The fraction of sp³-hybridized carbons (Fsp3) is 0.364. The largest absolute Gasteiger partial charge is 0.464 e. The van der Waals surface area contributed by atoms with Gasteiger partial charge in [0.05, 0.1) is 35.5 Å². The lowest BCUT2D eigenvalue weighted by Crippen LogP contribution is -2.18. The summed E-state index contributed by atoms with van der Waals surface area (Å²) in [5.41, 5.74) is 0.0140. The maximum atomic E-state index is 13.9. The SMILES string of the molecule is COC(=O)c1cc(C2CC2)c(N[C@@H](C)c2cc3c(=O)[nH]c(C)nc3cc2C(F)(F)F)cn1. The molecule has 4 rings (SSSR count). The molecule has 1 atom stereocenters. The van der Waals surface area contributed by atoms with Gasteiger partial charge in [-0.05, 0) is 61.9 Å². The van der Waals surface area contributed by atoms with E-state index in [1.165, 1.54) is 26.3 Å². The molecule has 0 saturated heterocycles. The average molecular weight is 446 g/mol. The Kier molecular flexibility index (Phi) is 5.39. The minimum Gasteiger partial charge on any atom is -0.464 e. The van der Waals surface area contributed by atoms with Crippen molar-refractivity contribution in [2.24, 2.45) is 0 Å². The molecule has 10 heteroatoms. The number of nitrogens with zero attached hydrogens (tertiary/aromatic N) is 2. The summed E-state index contributed by atoms with van der Waals surface area (Å²) in [6.45, 7) is 3.09. The van der Waals surface area contributed by atoms with Crippen molar-refractivity contribution in [3.05, 3.63) is 63.0 Å². The summed E-state index contributed by atoms with van der Waals surface area (Å²) >= 11 is 0. The molecule has 0 spiro atoms. The van der Waals surface area contributed by atoms with Gasteiger partial charge in [0.25, 0.3) is 5.56 Å². The molecule has 32 heavy (non-hydrogen) atoms. The third-order valence-corrected chi connectivity index (χ3v) is 5.49. The van der Waals surface area contributed by atoms with Crippen LogP contribution in [0.3, 0.4) is 0 Å². The van der Waals surface area contributed by atoms with Crippen LogP contribution < -0.4 is 10.9 Å². The zero-order chi connectivity index (χ0) is 23.2. The molecule has 0 amide bonds. The van der Waals surface area contributed by atoms with Crippen LogP contribution in [0.4, 0.5) is 18.9 Å². The normalized spacial score (nSPS) is 14.9. The number of pyridine rings is 1. The highest BCUT2D eigenvalue weighted by atomic mass is 19.4. The summed E-state index contributed by atoms with van der Waals surface area (Å²) < 4.78 is 46.3. The number of benzene rings is 1. The first-order chi connectivity index (χ1) is 15.1. The van der Waals surface area contributed by atoms with E-state index in [-0.39, 0.29) is 33.9 Å². The number of aromatic nitrogens is 3. The van der Waals surface area contributed by atoms with Gasteiger partial charge in [-0.2, -0.15) is 13.2 Å². The number of H-pyrrole nitrogens is 1. The molecule has 0 bridgehead atoms. The predicted octanol–water partition coefficient (Wildman–Crippen LogP) is 4.48. The summed E-state index contributed by atoms with van der Waals surface area (Å²) in [5.74, 6) is -0.146. The Bertz CT molecular complexity index is 1270. The summed E-state index contributed by atoms with van der Waals surface area (Å²) in [6, 6.07) is 2.95. The van der Waals surface area contributed by atoms with Crippen LogP contribution in [0.5, 0.6) is 0 Å². The Hall–Kier alpha value is -3.43. The molecule has 168 valence electrons. The number of halogens is 3. The molecule has 3 aromatic rings. The lowest BCUT2D eigenvalue weighted by molar-refractivity contribution is -0.138. The maximum absolute atomic E-state index is 13.9. The number of carbonyl (C=O) groups excluding carboxylic acids is 1. The average Bonchev–Trinajstić information content (AvgIpc) is 3.57. The van der Waals surface area contributed by atoms with Crippen molar-refractivity contribution >= 4 is 22.6 Å². The highest BCUT2D eigenvalue weighted by Crippen LogP contribution is 2.44. The zero-order valence-electron chi connectivity index (χ0n) is 17.6. The van der Waals surface area contributed by atoms with Crippen molar-refractivity contribution in [3.8, 4) is 0 Å². The molecule has 2 N–H and O–H groups in total. The Morgan fingerprint density at radius 3 is 2.62 bits per heavy atom. The van der Waals surface area contributed by atoms with Gasteiger partial charge < -0.3 is 15.0 Å². The molecule has 2 aromatic heterocycles. The van der Waals surface area contributed by atoms with Crippen LogP contribution in [0.15, 0.2) is 29.2 Å². The van der Waals surface area contributed by atoms with Gasteiger partial charge in [-0.1, -0.05) is 0 Å². The number of rotatable bonds is 5. The highest BCUT2D eigenvalue weighted by Gasteiger charge is 2.36. The topological polar surface area (TPSA) is 97.0 Å². The summed E-state index contributed by atoms with van der Waals surface area (Å²) in [5, 5.41) is 3.17. The third-order valence-electron chi connectivity index (χ3n) is 5.49. The number of hydrogen-bond donors (Lipinski definition) is 2. The van der Waals surface area contributed by atoms with E-state index in [1.807, 2.05) is 0 Å². The fourth-order valence-corrected chi connectivity index (χ4v) is 3.77. The molecule has 0 radical (unpaired) electrons. The smallest absolute Gasteiger partial charge is 0.416 e. The van der Waals surface area contributed by atoms with Crippen molar-refractivity contribution in [3.63, 3.8) is 0 Å². The molecule has 7 nitrogen and oxygen atoms in total. The van der Waals surface area contributed by atoms with Gasteiger partial charge in [-0.15, -0.1) is 0 Å². The van der Waals surface area contributed by atoms with Gasteiger partial charge in [-0.3, -0.25) is 4.79 Å². The van der Waals surface area contributed by atoms with Crippen molar-refractivity contribution in [2.75, 3.05) is 12.4 Å². The number of aryl methyl sites for hydroxylation is 1. The monoisotopic (exact) mass is 446 g/mol. The second-order valence-electron chi connectivity index (χ2n) is 7.89. The molecule has 1 fully saturated rings. The second-order valence-corrected chi connectivity index (χ2v) is 7.89. The first kappa shape index (κ1) is 21.8. The summed E-state index contributed by atoms with van der Waals surface area (Å²) in [4.78, 5) is 34.8. The van der Waals surface area contributed by atoms with Crippen LogP contribution in [0, 0.1) is 6.92 Å². The van der Waals surface area contributed by atoms with Crippen molar-refractivity contribution in [1.29, 1.82) is 0 Å². The van der Waals surface area contributed by atoms with Crippen molar-refractivity contribution < 1.29 is 22.7 Å². The van der Waals surface area contributed by atoms with Crippen LogP contribution in [-0.4, -0.2) is 28.0 Å². The van der Waals surface area contributed by atoms with E-state index in [4.69, 9.17) is 4.74 Å². The Morgan fingerprint density at radius 1 is 1.28 bits per heavy atom. The Morgan fingerprint density at radius 2 is 2.00 bits per heavy atom. The number of anilines is 1.